The predicted octanol–water partition coefficient (Wildman–Crippen LogP) is 4.94. The van der Waals surface area contributed by atoms with E-state index in [4.69, 9.17) is 16.3 Å². The van der Waals surface area contributed by atoms with Gasteiger partial charge in [-0.25, -0.2) is 0 Å². The van der Waals surface area contributed by atoms with Crippen molar-refractivity contribution in [3.05, 3.63) is 34.6 Å². The average molecular weight is 437 g/mol. The van der Waals surface area contributed by atoms with Gasteiger partial charge >= 0.3 is 0 Å². The van der Waals surface area contributed by atoms with Gasteiger partial charge in [0.15, 0.2) is 17.1 Å². The van der Waals surface area contributed by atoms with E-state index >= 15 is 0 Å². The minimum Gasteiger partial charge on any atom is -0.482 e. The number of benzene rings is 1. The van der Waals surface area contributed by atoms with Crippen molar-refractivity contribution in [2.24, 2.45) is 0 Å². The third-order valence-corrected chi connectivity index (χ3v) is 6.37. The molecule has 8 heteroatoms. The first kappa shape index (κ1) is 22.0. The average Bonchev–Trinajstić information content (AvgIpc) is 3.12. The smallest absolute Gasteiger partial charge is 0.230 e. The Kier molecular flexibility index (Phi) is 7.84. The summed E-state index contributed by atoms with van der Waals surface area (Å²) in [5.74, 6) is 1.93. The van der Waals surface area contributed by atoms with Crippen molar-refractivity contribution in [3.63, 3.8) is 0 Å². The van der Waals surface area contributed by atoms with Gasteiger partial charge in [-0.05, 0) is 57.4 Å². The molecule has 1 aliphatic rings. The molecule has 1 amide bonds. The van der Waals surface area contributed by atoms with Crippen molar-refractivity contribution in [3.8, 4) is 5.75 Å². The third-order valence-electron chi connectivity index (χ3n) is 5.17. The predicted molar refractivity (Wildman–Crippen MR) is 117 cm³/mol. The molecule has 1 aromatic heterocycles. The van der Waals surface area contributed by atoms with E-state index in [0.29, 0.717) is 23.4 Å². The van der Waals surface area contributed by atoms with Gasteiger partial charge in [0, 0.05) is 17.6 Å². The Balaban J connectivity index is 1.60. The van der Waals surface area contributed by atoms with Crippen LogP contribution in [0.4, 0.5) is 0 Å². The molecule has 2 aromatic rings. The number of ether oxygens (including phenoxy) is 1. The first-order valence-electron chi connectivity index (χ1n) is 10.3. The number of amides is 1. The van der Waals surface area contributed by atoms with Crippen LogP contribution in [0, 0.1) is 6.92 Å². The Bertz CT molecular complexity index is 836. The molecule has 1 unspecified atom stereocenters. The lowest BCUT2D eigenvalue weighted by Gasteiger charge is -2.22. The van der Waals surface area contributed by atoms with Gasteiger partial charge in [0.25, 0.3) is 0 Å². The van der Waals surface area contributed by atoms with Crippen LogP contribution in [0.2, 0.25) is 5.02 Å². The largest absolute Gasteiger partial charge is 0.482 e. The fraction of sp³-hybridized carbons (Fsp3) is 0.571. The van der Waals surface area contributed by atoms with Crippen LogP contribution in [0.5, 0.6) is 5.75 Å². The number of hydrogen-bond donors (Lipinski definition) is 1. The summed E-state index contributed by atoms with van der Waals surface area (Å²) in [7, 11) is 0. The lowest BCUT2D eigenvalue weighted by atomic mass is 9.95. The van der Waals surface area contributed by atoms with Crippen LogP contribution in [0.25, 0.3) is 0 Å². The molecule has 0 bridgehead atoms. The highest BCUT2D eigenvalue weighted by Gasteiger charge is 2.21. The SMILES string of the molecule is CCn1c(SCC(=O)NC2CCCCC2)nnc1C(C)Oc1ccc(Cl)cc1C. The highest BCUT2D eigenvalue weighted by atomic mass is 35.5. The highest BCUT2D eigenvalue weighted by molar-refractivity contribution is 7.99. The Morgan fingerprint density at radius 3 is 2.79 bits per heavy atom. The quantitative estimate of drug-likeness (QED) is 0.593. The number of aryl methyl sites for hydroxylation is 1. The maximum absolute atomic E-state index is 12.3. The Morgan fingerprint density at radius 1 is 1.34 bits per heavy atom. The van der Waals surface area contributed by atoms with Crippen molar-refractivity contribution >= 4 is 29.3 Å². The van der Waals surface area contributed by atoms with Crippen molar-refractivity contribution in [2.45, 2.75) is 76.7 Å². The number of nitrogens with one attached hydrogen (secondary N) is 1. The van der Waals surface area contributed by atoms with Crippen LogP contribution in [0.1, 0.15) is 63.4 Å². The van der Waals surface area contributed by atoms with Crippen LogP contribution in [0.15, 0.2) is 23.4 Å². The van der Waals surface area contributed by atoms with Crippen molar-refractivity contribution in [1.29, 1.82) is 0 Å². The number of hydrogen-bond acceptors (Lipinski definition) is 5. The topological polar surface area (TPSA) is 69.0 Å². The number of carbonyl (C=O) groups excluding carboxylic acids is 1. The Labute approximate surface area is 181 Å². The number of thioether (sulfide) groups is 1. The maximum atomic E-state index is 12.3. The standard InChI is InChI=1S/C21H29ClN4O2S/c1-4-26-20(15(3)28-18-11-10-16(22)12-14(18)2)24-25-21(26)29-13-19(27)23-17-8-6-5-7-9-17/h10-12,15,17H,4-9,13H2,1-3H3,(H,23,27). The van der Waals surface area contributed by atoms with E-state index in [1.807, 2.05) is 43.5 Å². The second-order valence-corrected chi connectivity index (χ2v) is 8.82. The molecule has 1 aromatic carbocycles. The second kappa shape index (κ2) is 10.3. The zero-order chi connectivity index (χ0) is 20.8. The van der Waals surface area contributed by atoms with E-state index in [-0.39, 0.29) is 12.0 Å². The molecular weight excluding hydrogens is 408 g/mol. The Morgan fingerprint density at radius 2 is 2.10 bits per heavy atom. The summed E-state index contributed by atoms with van der Waals surface area (Å²) in [5, 5.41) is 13.2. The molecule has 158 valence electrons. The Hall–Kier alpha value is -1.73. The van der Waals surface area contributed by atoms with Gasteiger partial charge in [-0.15, -0.1) is 10.2 Å². The molecule has 1 fully saturated rings. The molecule has 0 spiro atoms. The first-order valence-corrected chi connectivity index (χ1v) is 11.6. The van der Waals surface area contributed by atoms with E-state index in [2.05, 4.69) is 15.5 Å². The highest BCUT2D eigenvalue weighted by Crippen LogP contribution is 2.28. The van der Waals surface area contributed by atoms with Gasteiger partial charge < -0.3 is 14.6 Å². The number of nitrogens with zero attached hydrogens (tertiary/aromatic N) is 3. The molecule has 29 heavy (non-hydrogen) atoms. The third kappa shape index (κ3) is 5.89. The molecule has 1 atom stereocenters. The fourth-order valence-electron chi connectivity index (χ4n) is 3.64. The molecule has 1 heterocycles. The summed E-state index contributed by atoms with van der Waals surface area (Å²) >= 11 is 7.45. The summed E-state index contributed by atoms with van der Waals surface area (Å²) in [6, 6.07) is 5.88. The lowest BCUT2D eigenvalue weighted by Crippen LogP contribution is -2.37. The van der Waals surface area contributed by atoms with E-state index in [9.17, 15) is 4.79 Å². The summed E-state index contributed by atoms with van der Waals surface area (Å²) < 4.78 is 8.11. The number of rotatable bonds is 8. The summed E-state index contributed by atoms with van der Waals surface area (Å²) in [5.41, 5.74) is 0.973. The van der Waals surface area contributed by atoms with Gasteiger partial charge in [-0.2, -0.15) is 0 Å². The van der Waals surface area contributed by atoms with E-state index in [1.165, 1.54) is 31.0 Å². The van der Waals surface area contributed by atoms with E-state index in [0.717, 1.165) is 35.1 Å². The molecule has 0 aliphatic heterocycles. The second-order valence-electron chi connectivity index (χ2n) is 7.45. The maximum Gasteiger partial charge on any atom is 0.230 e. The van der Waals surface area contributed by atoms with Gasteiger partial charge in [-0.3, -0.25) is 4.79 Å². The molecule has 1 saturated carbocycles. The zero-order valence-electron chi connectivity index (χ0n) is 17.3. The molecule has 6 nitrogen and oxygen atoms in total. The molecular formula is C21H29ClN4O2S. The molecule has 3 rings (SSSR count). The van der Waals surface area contributed by atoms with Gasteiger partial charge in [0.1, 0.15) is 5.75 Å². The fourth-order valence-corrected chi connectivity index (χ4v) is 4.69. The van der Waals surface area contributed by atoms with Gasteiger partial charge in [-0.1, -0.05) is 42.6 Å². The van der Waals surface area contributed by atoms with E-state index in [1.54, 1.807) is 0 Å². The van der Waals surface area contributed by atoms with Crippen LogP contribution in [-0.4, -0.2) is 32.5 Å². The molecule has 1 aliphatic carbocycles. The van der Waals surface area contributed by atoms with Crippen LogP contribution >= 0.6 is 23.4 Å². The molecule has 0 radical (unpaired) electrons. The van der Waals surface area contributed by atoms with Gasteiger partial charge in [0.05, 0.1) is 5.75 Å². The van der Waals surface area contributed by atoms with E-state index < -0.39 is 0 Å². The van der Waals surface area contributed by atoms with Crippen LogP contribution in [-0.2, 0) is 11.3 Å². The van der Waals surface area contributed by atoms with Crippen molar-refractivity contribution < 1.29 is 9.53 Å². The van der Waals surface area contributed by atoms with Gasteiger partial charge in [0.2, 0.25) is 5.91 Å². The molecule has 1 N–H and O–H groups in total. The monoisotopic (exact) mass is 436 g/mol. The van der Waals surface area contributed by atoms with Crippen LogP contribution < -0.4 is 10.1 Å². The number of carbonyl (C=O) groups is 1. The van der Waals surface area contributed by atoms with Crippen molar-refractivity contribution in [2.75, 3.05) is 5.75 Å². The number of aromatic nitrogens is 3. The lowest BCUT2D eigenvalue weighted by molar-refractivity contribution is -0.119. The number of halogens is 1. The minimum absolute atomic E-state index is 0.0650. The summed E-state index contributed by atoms with van der Waals surface area (Å²) in [6.07, 6.45) is 5.59. The first-order chi connectivity index (χ1) is 14.0. The summed E-state index contributed by atoms with van der Waals surface area (Å²) in [6.45, 7) is 6.67. The minimum atomic E-state index is -0.271. The molecule has 0 saturated heterocycles. The van der Waals surface area contributed by atoms with Crippen LogP contribution in [0.3, 0.4) is 0 Å². The summed E-state index contributed by atoms with van der Waals surface area (Å²) in [4.78, 5) is 12.3. The van der Waals surface area contributed by atoms with Crippen molar-refractivity contribution in [1.82, 2.24) is 20.1 Å². The zero-order valence-corrected chi connectivity index (χ0v) is 18.9. The normalized spacial score (nSPS) is 15.9.